The minimum Gasteiger partial charge on any atom is -0.356 e. The van der Waals surface area contributed by atoms with Crippen LogP contribution >= 0.6 is 0 Å². The van der Waals surface area contributed by atoms with Gasteiger partial charge in [0.1, 0.15) is 0 Å². The molecule has 7 nitrogen and oxygen atoms in total. The zero-order chi connectivity index (χ0) is 17.7. The fourth-order valence-electron chi connectivity index (χ4n) is 2.50. The van der Waals surface area contributed by atoms with Crippen molar-refractivity contribution in [3.8, 4) is 11.4 Å². The van der Waals surface area contributed by atoms with Gasteiger partial charge in [-0.05, 0) is 39.3 Å². The maximum absolute atomic E-state index is 12.6. The molecular formula is C17H24N4O3. The minimum atomic E-state index is -0.141. The van der Waals surface area contributed by atoms with Crippen LogP contribution in [0.2, 0.25) is 0 Å². The second-order valence-corrected chi connectivity index (χ2v) is 6.02. The molecule has 2 aromatic rings. The predicted octanol–water partition coefficient (Wildman–Crippen LogP) is 2.25. The minimum absolute atomic E-state index is 0.0471. The number of nitrogens with one attached hydrogen (secondary N) is 1. The summed E-state index contributed by atoms with van der Waals surface area (Å²) in [6.07, 6.45) is 1.53. The van der Waals surface area contributed by atoms with Crippen LogP contribution in [0.25, 0.3) is 11.4 Å². The first kappa shape index (κ1) is 17.9. The molecule has 0 fully saturated rings. The summed E-state index contributed by atoms with van der Waals surface area (Å²) in [5, 5.41) is 6.68. The molecule has 0 aromatic carbocycles. The Morgan fingerprint density at radius 2 is 2.12 bits per heavy atom. The molecule has 0 atom stereocenters. The zero-order valence-electron chi connectivity index (χ0n) is 14.6. The maximum Gasteiger partial charge on any atom is 0.262 e. The number of aromatic nitrogens is 3. The molecule has 130 valence electrons. The molecule has 0 saturated heterocycles. The van der Waals surface area contributed by atoms with Crippen LogP contribution in [0.3, 0.4) is 0 Å². The first-order chi connectivity index (χ1) is 11.4. The maximum atomic E-state index is 12.6. The Morgan fingerprint density at radius 1 is 1.38 bits per heavy atom. The average Bonchev–Trinajstić information content (AvgIpc) is 2.99. The van der Waals surface area contributed by atoms with Gasteiger partial charge in [-0.15, -0.1) is 0 Å². The van der Waals surface area contributed by atoms with Crippen molar-refractivity contribution in [1.29, 1.82) is 0 Å². The molecule has 1 amide bonds. The Morgan fingerprint density at radius 3 is 2.79 bits per heavy atom. The summed E-state index contributed by atoms with van der Waals surface area (Å²) >= 11 is 0. The van der Waals surface area contributed by atoms with Gasteiger partial charge in [0.25, 0.3) is 5.56 Å². The monoisotopic (exact) mass is 332 g/mol. The van der Waals surface area contributed by atoms with E-state index in [0.717, 1.165) is 12.1 Å². The number of hydrogen-bond donors (Lipinski definition) is 1. The standard InChI is InChI=1S/C17H24N4O3/c1-5-10-18-14(22)8-9-15-19-16(20-24-15)13-7-6-12(4)21(11(2)3)17(13)23/h6-7,11H,5,8-10H2,1-4H3,(H,18,22). The first-order valence-electron chi connectivity index (χ1n) is 8.25. The Balaban J connectivity index is 2.15. The van der Waals surface area contributed by atoms with Gasteiger partial charge in [0.15, 0.2) is 0 Å². The second-order valence-electron chi connectivity index (χ2n) is 6.02. The van der Waals surface area contributed by atoms with Crippen molar-refractivity contribution in [3.05, 3.63) is 34.1 Å². The highest BCUT2D eigenvalue weighted by Crippen LogP contribution is 2.15. The van der Waals surface area contributed by atoms with Crippen molar-refractivity contribution >= 4 is 5.91 Å². The van der Waals surface area contributed by atoms with E-state index in [-0.39, 0.29) is 29.8 Å². The highest BCUT2D eigenvalue weighted by molar-refractivity contribution is 5.75. The van der Waals surface area contributed by atoms with Gasteiger partial charge in [-0.2, -0.15) is 4.98 Å². The van der Waals surface area contributed by atoms with Gasteiger partial charge >= 0.3 is 0 Å². The average molecular weight is 332 g/mol. The molecule has 0 spiro atoms. The van der Waals surface area contributed by atoms with Crippen LogP contribution < -0.4 is 10.9 Å². The number of hydrogen-bond acceptors (Lipinski definition) is 5. The van der Waals surface area contributed by atoms with Gasteiger partial charge < -0.3 is 14.4 Å². The number of carbonyl (C=O) groups excluding carboxylic acids is 1. The lowest BCUT2D eigenvalue weighted by Crippen LogP contribution is -2.25. The van der Waals surface area contributed by atoms with E-state index >= 15 is 0 Å². The predicted molar refractivity (Wildman–Crippen MR) is 90.7 cm³/mol. The van der Waals surface area contributed by atoms with Gasteiger partial charge in [0.2, 0.25) is 17.6 Å². The Bertz CT molecular complexity index is 761. The molecule has 2 heterocycles. The van der Waals surface area contributed by atoms with Crippen molar-refractivity contribution in [2.75, 3.05) is 6.54 Å². The fourth-order valence-corrected chi connectivity index (χ4v) is 2.50. The summed E-state index contributed by atoms with van der Waals surface area (Å²) in [5.41, 5.74) is 1.15. The molecule has 7 heteroatoms. The van der Waals surface area contributed by atoms with Gasteiger partial charge in [0, 0.05) is 31.1 Å². The van der Waals surface area contributed by atoms with Crippen LogP contribution in [0.15, 0.2) is 21.5 Å². The third-order valence-electron chi connectivity index (χ3n) is 3.68. The summed E-state index contributed by atoms with van der Waals surface area (Å²) in [4.78, 5) is 28.5. The molecule has 0 bridgehead atoms. The summed E-state index contributed by atoms with van der Waals surface area (Å²) in [6, 6.07) is 3.62. The van der Waals surface area contributed by atoms with E-state index < -0.39 is 0 Å². The van der Waals surface area contributed by atoms with Crippen molar-refractivity contribution in [2.45, 2.75) is 53.0 Å². The Labute approximate surface area is 141 Å². The number of rotatable bonds is 7. The topological polar surface area (TPSA) is 90.0 Å². The molecule has 0 unspecified atom stereocenters. The Kier molecular flexibility index (Phi) is 5.89. The van der Waals surface area contributed by atoms with Gasteiger partial charge in [-0.25, -0.2) is 0 Å². The first-order valence-corrected chi connectivity index (χ1v) is 8.25. The van der Waals surface area contributed by atoms with E-state index in [9.17, 15) is 9.59 Å². The summed E-state index contributed by atoms with van der Waals surface area (Å²) in [5.74, 6) is 0.570. The molecule has 0 aliphatic carbocycles. The molecule has 0 aliphatic heterocycles. The normalized spacial score (nSPS) is 11.0. The van der Waals surface area contributed by atoms with Crippen molar-refractivity contribution in [3.63, 3.8) is 0 Å². The van der Waals surface area contributed by atoms with E-state index in [0.29, 0.717) is 24.4 Å². The molecule has 2 rings (SSSR count). The van der Waals surface area contributed by atoms with Crippen LogP contribution in [0, 0.1) is 6.92 Å². The number of amides is 1. The number of pyridine rings is 1. The van der Waals surface area contributed by atoms with Crippen LogP contribution in [-0.2, 0) is 11.2 Å². The lowest BCUT2D eigenvalue weighted by molar-refractivity contribution is -0.121. The van der Waals surface area contributed by atoms with E-state index in [1.165, 1.54) is 0 Å². The van der Waals surface area contributed by atoms with E-state index in [1.54, 1.807) is 10.6 Å². The van der Waals surface area contributed by atoms with E-state index in [1.807, 2.05) is 33.8 Å². The molecule has 1 N–H and O–H groups in total. The highest BCUT2D eigenvalue weighted by atomic mass is 16.5. The van der Waals surface area contributed by atoms with Crippen molar-refractivity contribution in [1.82, 2.24) is 20.0 Å². The third kappa shape index (κ3) is 4.10. The van der Waals surface area contributed by atoms with Crippen LogP contribution in [0.5, 0.6) is 0 Å². The summed E-state index contributed by atoms with van der Waals surface area (Å²) < 4.78 is 6.87. The Hall–Kier alpha value is -2.44. The highest BCUT2D eigenvalue weighted by Gasteiger charge is 2.16. The lowest BCUT2D eigenvalue weighted by Gasteiger charge is -2.14. The van der Waals surface area contributed by atoms with Crippen molar-refractivity contribution < 1.29 is 9.32 Å². The quantitative estimate of drug-likeness (QED) is 0.840. The van der Waals surface area contributed by atoms with E-state index in [4.69, 9.17) is 4.52 Å². The number of nitrogens with zero attached hydrogens (tertiary/aromatic N) is 3. The zero-order valence-corrected chi connectivity index (χ0v) is 14.6. The van der Waals surface area contributed by atoms with Crippen LogP contribution in [0.4, 0.5) is 0 Å². The van der Waals surface area contributed by atoms with E-state index in [2.05, 4.69) is 15.5 Å². The van der Waals surface area contributed by atoms with Gasteiger partial charge in [0.05, 0.1) is 5.56 Å². The molecule has 0 radical (unpaired) electrons. The SMILES string of the molecule is CCCNC(=O)CCc1nc(-c2ccc(C)n(C(C)C)c2=O)no1. The molecule has 24 heavy (non-hydrogen) atoms. The lowest BCUT2D eigenvalue weighted by atomic mass is 10.2. The molecular weight excluding hydrogens is 308 g/mol. The summed E-state index contributed by atoms with van der Waals surface area (Å²) in [6.45, 7) is 8.45. The number of aryl methyl sites for hydroxylation is 2. The largest absolute Gasteiger partial charge is 0.356 e. The molecule has 0 saturated carbocycles. The van der Waals surface area contributed by atoms with Crippen LogP contribution in [0.1, 0.15) is 51.2 Å². The van der Waals surface area contributed by atoms with Crippen molar-refractivity contribution in [2.24, 2.45) is 0 Å². The smallest absolute Gasteiger partial charge is 0.262 e. The summed E-state index contributed by atoms with van der Waals surface area (Å²) in [7, 11) is 0. The second kappa shape index (κ2) is 7.90. The van der Waals surface area contributed by atoms with Gasteiger partial charge in [-0.3, -0.25) is 9.59 Å². The van der Waals surface area contributed by atoms with Crippen LogP contribution in [-0.4, -0.2) is 27.2 Å². The number of carbonyl (C=O) groups is 1. The fraction of sp³-hybridized carbons (Fsp3) is 0.529. The van der Waals surface area contributed by atoms with Gasteiger partial charge in [-0.1, -0.05) is 12.1 Å². The molecule has 2 aromatic heterocycles. The molecule has 0 aliphatic rings. The third-order valence-corrected chi connectivity index (χ3v) is 3.68.